The zero-order chi connectivity index (χ0) is 14.6. The largest absolute Gasteiger partial charge is 0.385 e. The van der Waals surface area contributed by atoms with Gasteiger partial charge in [0.05, 0.1) is 0 Å². The highest BCUT2D eigenvalue weighted by Gasteiger charge is 2.42. The van der Waals surface area contributed by atoms with E-state index in [2.05, 4.69) is 15.7 Å². The second kappa shape index (κ2) is 6.19. The number of rotatable bonds is 7. The number of methoxy groups -OCH3 is 1. The van der Waals surface area contributed by atoms with Gasteiger partial charge < -0.3 is 15.5 Å². The molecule has 0 bridgehead atoms. The first-order valence-corrected chi connectivity index (χ1v) is 6.81. The monoisotopic (exact) mass is 278 g/mol. The van der Waals surface area contributed by atoms with Gasteiger partial charge in [-0.2, -0.15) is 0 Å². The maximum Gasteiger partial charge on any atom is 0.251 e. The van der Waals surface area contributed by atoms with Crippen molar-refractivity contribution in [2.45, 2.75) is 26.2 Å². The van der Waals surface area contributed by atoms with Crippen LogP contribution in [0.3, 0.4) is 0 Å². The zero-order valence-corrected chi connectivity index (χ0v) is 12.0. The van der Waals surface area contributed by atoms with E-state index in [1.54, 1.807) is 19.2 Å². The topological polar surface area (TPSA) is 89.3 Å². The van der Waals surface area contributed by atoms with Crippen LogP contribution in [0.1, 0.15) is 35.3 Å². The summed E-state index contributed by atoms with van der Waals surface area (Å²) >= 11 is 0. The fourth-order valence-corrected chi connectivity index (χ4v) is 2.25. The Hall–Kier alpha value is -1.66. The number of hydrazine groups is 1. The highest BCUT2D eigenvalue weighted by molar-refractivity contribution is 5.95. The smallest absolute Gasteiger partial charge is 0.251 e. The van der Waals surface area contributed by atoms with Crippen molar-refractivity contribution in [2.75, 3.05) is 25.7 Å². The van der Waals surface area contributed by atoms with E-state index < -0.39 is 0 Å². The number of nitrogens with zero attached hydrogens (tertiary/aromatic N) is 1. The molecule has 1 aromatic rings. The number of carbonyl (C=O) groups excluding carboxylic acids is 1. The number of pyridine rings is 1. The summed E-state index contributed by atoms with van der Waals surface area (Å²) < 4.78 is 5.11. The lowest BCUT2D eigenvalue weighted by Gasteiger charge is -2.15. The fraction of sp³-hybridized carbons (Fsp3) is 0.571. The Morgan fingerprint density at radius 2 is 2.25 bits per heavy atom. The second-order valence-electron chi connectivity index (χ2n) is 5.45. The second-order valence-corrected chi connectivity index (χ2v) is 5.45. The summed E-state index contributed by atoms with van der Waals surface area (Å²) in [5, 5.41) is 3.00. The molecule has 0 aliphatic heterocycles. The van der Waals surface area contributed by atoms with Crippen molar-refractivity contribution in [2.24, 2.45) is 11.3 Å². The predicted molar refractivity (Wildman–Crippen MR) is 77.3 cm³/mol. The maximum atomic E-state index is 12.2. The van der Waals surface area contributed by atoms with Crippen molar-refractivity contribution in [3.05, 3.63) is 23.4 Å². The predicted octanol–water partition coefficient (Wildman–Crippen LogP) is 1.22. The van der Waals surface area contributed by atoms with Crippen LogP contribution >= 0.6 is 0 Å². The number of aryl methyl sites for hydroxylation is 1. The molecule has 0 atom stereocenters. The quantitative estimate of drug-likeness (QED) is 0.515. The van der Waals surface area contributed by atoms with E-state index in [0.717, 1.165) is 31.6 Å². The number of nitrogen functional groups attached to an aromatic ring is 1. The van der Waals surface area contributed by atoms with Gasteiger partial charge in [-0.05, 0) is 43.7 Å². The van der Waals surface area contributed by atoms with E-state index in [0.29, 0.717) is 17.9 Å². The molecule has 1 saturated carbocycles. The number of hydrogen-bond acceptors (Lipinski definition) is 5. The van der Waals surface area contributed by atoms with Crippen molar-refractivity contribution < 1.29 is 9.53 Å². The molecule has 4 N–H and O–H groups in total. The van der Waals surface area contributed by atoms with Gasteiger partial charge in [0.15, 0.2) is 0 Å². The number of anilines is 1. The van der Waals surface area contributed by atoms with Crippen LogP contribution in [-0.2, 0) is 4.74 Å². The molecule has 0 saturated heterocycles. The molecule has 6 heteroatoms. The number of nitrogens with two attached hydrogens (primary N) is 1. The summed E-state index contributed by atoms with van der Waals surface area (Å²) in [5.41, 5.74) is 4.04. The van der Waals surface area contributed by atoms with Gasteiger partial charge in [0.2, 0.25) is 0 Å². The number of nitrogens with one attached hydrogen (secondary N) is 2. The Balaban J connectivity index is 1.93. The summed E-state index contributed by atoms with van der Waals surface area (Å²) in [5.74, 6) is 5.75. The normalized spacial score (nSPS) is 15.8. The van der Waals surface area contributed by atoms with Crippen LogP contribution in [-0.4, -0.2) is 31.2 Å². The first kappa shape index (κ1) is 14.7. The molecule has 2 rings (SSSR count). The average Bonchev–Trinajstić information content (AvgIpc) is 3.22. The van der Waals surface area contributed by atoms with Gasteiger partial charge in [0.25, 0.3) is 5.91 Å². The highest BCUT2D eigenvalue weighted by Crippen LogP contribution is 2.48. The Bertz CT molecular complexity index is 486. The van der Waals surface area contributed by atoms with Gasteiger partial charge in [0.1, 0.15) is 5.82 Å². The summed E-state index contributed by atoms with van der Waals surface area (Å²) in [7, 11) is 1.70. The van der Waals surface area contributed by atoms with E-state index in [4.69, 9.17) is 10.6 Å². The van der Waals surface area contributed by atoms with Crippen LogP contribution in [0, 0.1) is 12.3 Å². The Morgan fingerprint density at radius 3 is 2.85 bits per heavy atom. The minimum absolute atomic E-state index is 0.0873. The van der Waals surface area contributed by atoms with Crippen molar-refractivity contribution in [3.63, 3.8) is 0 Å². The summed E-state index contributed by atoms with van der Waals surface area (Å²) in [6.45, 7) is 3.27. The third-order valence-corrected chi connectivity index (χ3v) is 3.78. The van der Waals surface area contributed by atoms with Gasteiger partial charge in [-0.25, -0.2) is 10.8 Å². The molecule has 1 aliphatic rings. The first-order chi connectivity index (χ1) is 9.58. The van der Waals surface area contributed by atoms with E-state index in [1.807, 2.05) is 6.92 Å². The number of ether oxygens (including phenoxy) is 1. The molecular weight excluding hydrogens is 256 g/mol. The molecule has 0 spiro atoms. The Kier molecular flexibility index (Phi) is 4.57. The lowest BCUT2D eigenvalue weighted by atomic mass is 10.0. The van der Waals surface area contributed by atoms with Crippen LogP contribution in [0.5, 0.6) is 0 Å². The van der Waals surface area contributed by atoms with Crippen LogP contribution in [0.2, 0.25) is 0 Å². The van der Waals surface area contributed by atoms with Crippen LogP contribution < -0.4 is 16.6 Å². The number of amides is 1. The first-order valence-electron chi connectivity index (χ1n) is 6.81. The third kappa shape index (κ3) is 3.68. The number of aromatic nitrogens is 1. The molecule has 1 fully saturated rings. The molecule has 0 radical (unpaired) electrons. The molecule has 1 aliphatic carbocycles. The third-order valence-electron chi connectivity index (χ3n) is 3.78. The standard InChI is InChI=1S/C14H22N4O2/c1-10-7-11(8-12(17-10)18-15)13(19)16-9-14(3-4-14)5-6-20-2/h7-8H,3-6,9,15H2,1-2H3,(H,16,19)(H,17,18). The SMILES string of the molecule is COCCC1(CNC(=O)c2cc(C)nc(NN)c2)CC1. The van der Waals surface area contributed by atoms with Crippen LogP contribution in [0.15, 0.2) is 12.1 Å². The Labute approximate surface area is 119 Å². The van der Waals surface area contributed by atoms with Gasteiger partial charge in [-0.15, -0.1) is 0 Å². The Morgan fingerprint density at radius 1 is 1.50 bits per heavy atom. The molecule has 1 amide bonds. The lowest BCUT2D eigenvalue weighted by Crippen LogP contribution is -2.31. The molecule has 20 heavy (non-hydrogen) atoms. The van der Waals surface area contributed by atoms with Crippen molar-refractivity contribution in [3.8, 4) is 0 Å². The molecule has 6 nitrogen and oxygen atoms in total. The molecular formula is C14H22N4O2. The van der Waals surface area contributed by atoms with Gasteiger partial charge >= 0.3 is 0 Å². The molecule has 0 unspecified atom stereocenters. The summed E-state index contributed by atoms with van der Waals surface area (Å²) in [4.78, 5) is 16.3. The average molecular weight is 278 g/mol. The van der Waals surface area contributed by atoms with E-state index in [1.165, 1.54) is 0 Å². The molecule has 1 heterocycles. The lowest BCUT2D eigenvalue weighted by molar-refractivity contribution is 0.0938. The van der Waals surface area contributed by atoms with Crippen LogP contribution in [0.25, 0.3) is 0 Å². The van der Waals surface area contributed by atoms with Gasteiger partial charge in [-0.1, -0.05) is 0 Å². The molecule has 1 aromatic heterocycles. The number of carbonyl (C=O) groups is 1. The minimum Gasteiger partial charge on any atom is -0.385 e. The molecule has 110 valence electrons. The highest BCUT2D eigenvalue weighted by atomic mass is 16.5. The maximum absolute atomic E-state index is 12.2. The van der Waals surface area contributed by atoms with Crippen molar-refractivity contribution in [1.82, 2.24) is 10.3 Å². The van der Waals surface area contributed by atoms with E-state index in [9.17, 15) is 4.79 Å². The zero-order valence-electron chi connectivity index (χ0n) is 12.0. The van der Waals surface area contributed by atoms with Crippen molar-refractivity contribution in [1.29, 1.82) is 0 Å². The summed E-state index contributed by atoms with van der Waals surface area (Å²) in [6, 6.07) is 3.40. The fourth-order valence-electron chi connectivity index (χ4n) is 2.25. The van der Waals surface area contributed by atoms with Gasteiger partial charge in [-0.3, -0.25) is 4.79 Å². The minimum atomic E-state index is -0.0873. The van der Waals surface area contributed by atoms with E-state index in [-0.39, 0.29) is 11.3 Å². The number of hydrogen-bond donors (Lipinski definition) is 3. The van der Waals surface area contributed by atoms with Crippen LogP contribution in [0.4, 0.5) is 5.82 Å². The summed E-state index contributed by atoms with van der Waals surface area (Å²) in [6.07, 6.45) is 3.30. The van der Waals surface area contributed by atoms with E-state index >= 15 is 0 Å². The van der Waals surface area contributed by atoms with Crippen molar-refractivity contribution >= 4 is 11.7 Å². The van der Waals surface area contributed by atoms with Gasteiger partial charge in [0, 0.05) is 31.5 Å². The molecule has 0 aromatic carbocycles.